The molecule has 0 radical (unpaired) electrons. The van der Waals surface area contributed by atoms with Crippen LogP contribution in [0, 0.1) is 10.1 Å². The minimum Gasteiger partial charge on any atom is -0.375 e. The summed E-state index contributed by atoms with van der Waals surface area (Å²) in [6.45, 7) is 0.495. The van der Waals surface area contributed by atoms with Crippen LogP contribution < -0.4 is 5.32 Å². The van der Waals surface area contributed by atoms with Gasteiger partial charge in [-0.1, -0.05) is 39.7 Å². The SMILES string of the molecule is O=[N+]([O-])c1ccc(Br)cc1NCc1ccc(Cl)cc1. The third kappa shape index (κ3) is 3.68. The van der Waals surface area contributed by atoms with Crippen LogP contribution in [0.2, 0.25) is 5.02 Å². The van der Waals surface area contributed by atoms with Gasteiger partial charge in [0, 0.05) is 22.1 Å². The molecule has 0 fully saturated rings. The maximum atomic E-state index is 10.9. The molecule has 98 valence electrons. The lowest BCUT2D eigenvalue weighted by molar-refractivity contribution is -0.384. The lowest BCUT2D eigenvalue weighted by Gasteiger charge is -2.07. The summed E-state index contributed by atoms with van der Waals surface area (Å²) < 4.78 is 0.789. The summed E-state index contributed by atoms with van der Waals surface area (Å²) in [6.07, 6.45) is 0. The van der Waals surface area contributed by atoms with Gasteiger partial charge in [0.1, 0.15) is 5.69 Å². The first-order valence-corrected chi connectivity index (χ1v) is 6.65. The predicted molar refractivity (Wildman–Crippen MR) is 79.6 cm³/mol. The summed E-state index contributed by atoms with van der Waals surface area (Å²) in [5.41, 5.74) is 1.53. The molecule has 0 atom stereocenters. The molecule has 0 aliphatic rings. The zero-order chi connectivity index (χ0) is 13.8. The molecule has 0 aliphatic carbocycles. The van der Waals surface area contributed by atoms with Crippen LogP contribution in [0.4, 0.5) is 11.4 Å². The molecule has 0 unspecified atom stereocenters. The summed E-state index contributed by atoms with van der Waals surface area (Å²) in [4.78, 5) is 10.5. The average Bonchev–Trinajstić information content (AvgIpc) is 2.38. The molecule has 0 saturated carbocycles. The third-order valence-corrected chi connectivity index (χ3v) is 3.30. The van der Waals surface area contributed by atoms with Gasteiger partial charge < -0.3 is 5.32 Å². The Morgan fingerprint density at radius 3 is 2.53 bits per heavy atom. The molecule has 19 heavy (non-hydrogen) atoms. The van der Waals surface area contributed by atoms with Crippen molar-refractivity contribution < 1.29 is 4.92 Å². The number of anilines is 1. The maximum absolute atomic E-state index is 10.9. The molecule has 2 aromatic carbocycles. The van der Waals surface area contributed by atoms with E-state index in [1.807, 2.05) is 12.1 Å². The monoisotopic (exact) mass is 340 g/mol. The second-order valence-corrected chi connectivity index (χ2v) is 5.25. The average molecular weight is 342 g/mol. The van der Waals surface area contributed by atoms with Crippen LogP contribution in [0.1, 0.15) is 5.56 Å². The fourth-order valence-electron chi connectivity index (χ4n) is 1.61. The molecule has 4 nitrogen and oxygen atoms in total. The fraction of sp³-hybridized carbons (Fsp3) is 0.0769. The van der Waals surface area contributed by atoms with Gasteiger partial charge in [-0.25, -0.2) is 0 Å². The van der Waals surface area contributed by atoms with Crippen LogP contribution in [0.25, 0.3) is 0 Å². The van der Waals surface area contributed by atoms with E-state index < -0.39 is 4.92 Å². The van der Waals surface area contributed by atoms with E-state index in [9.17, 15) is 10.1 Å². The molecule has 2 aromatic rings. The summed E-state index contributed by atoms with van der Waals surface area (Å²) in [6, 6.07) is 12.1. The molecular weight excluding hydrogens is 332 g/mol. The first-order chi connectivity index (χ1) is 9.06. The predicted octanol–water partition coefficient (Wildman–Crippen LogP) is 4.62. The molecule has 2 rings (SSSR count). The second-order valence-electron chi connectivity index (χ2n) is 3.90. The summed E-state index contributed by atoms with van der Waals surface area (Å²) in [7, 11) is 0. The Morgan fingerprint density at radius 2 is 1.89 bits per heavy atom. The topological polar surface area (TPSA) is 55.2 Å². The molecule has 0 aromatic heterocycles. The van der Waals surface area contributed by atoms with Gasteiger partial charge in [-0.15, -0.1) is 0 Å². The normalized spacial score (nSPS) is 10.2. The van der Waals surface area contributed by atoms with Gasteiger partial charge in [0.15, 0.2) is 0 Å². The van der Waals surface area contributed by atoms with Gasteiger partial charge >= 0.3 is 0 Å². The number of nitrogens with one attached hydrogen (secondary N) is 1. The lowest BCUT2D eigenvalue weighted by atomic mass is 10.2. The second kappa shape index (κ2) is 6.04. The van der Waals surface area contributed by atoms with E-state index in [4.69, 9.17) is 11.6 Å². The van der Waals surface area contributed by atoms with Crippen molar-refractivity contribution in [1.29, 1.82) is 0 Å². The first kappa shape index (κ1) is 13.8. The number of hydrogen-bond acceptors (Lipinski definition) is 3. The summed E-state index contributed by atoms with van der Waals surface area (Å²) in [5.74, 6) is 0. The number of nitro groups is 1. The van der Waals surface area contributed by atoms with E-state index in [-0.39, 0.29) is 5.69 Å². The zero-order valence-electron chi connectivity index (χ0n) is 9.77. The maximum Gasteiger partial charge on any atom is 0.292 e. The van der Waals surface area contributed by atoms with Crippen LogP contribution in [-0.2, 0) is 6.54 Å². The Labute approximate surface area is 123 Å². The van der Waals surface area contributed by atoms with E-state index in [2.05, 4.69) is 21.2 Å². The van der Waals surface area contributed by atoms with Crippen molar-refractivity contribution in [2.24, 2.45) is 0 Å². The molecule has 0 bridgehead atoms. The van der Waals surface area contributed by atoms with Gasteiger partial charge in [-0.3, -0.25) is 10.1 Å². The number of halogens is 2. The quantitative estimate of drug-likeness (QED) is 0.652. The molecule has 0 spiro atoms. The van der Waals surface area contributed by atoms with Crippen LogP contribution in [0.5, 0.6) is 0 Å². The standard InChI is InChI=1S/C13H10BrClN2O2/c14-10-3-6-13(17(18)19)12(7-10)16-8-9-1-4-11(15)5-2-9/h1-7,16H,8H2. The Morgan fingerprint density at radius 1 is 1.21 bits per heavy atom. The number of hydrogen-bond donors (Lipinski definition) is 1. The Balaban J connectivity index is 2.16. The van der Waals surface area contributed by atoms with Gasteiger partial charge in [0.2, 0.25) is 0 Å². The highest BCUT2D eigenvalue weighted by atomic mass is 79.9. The molecule has 0 saturated heterocycles. The third-order valence-electron chi connectivity index (χ3n) is 2.55. The lowest BCUT2D eigenvalue weighted by Crippen LogP contribution is -2.02. The van der Waals surface area contributed by atoms with Crippen molar-refractivity contribution in [3.63, 3.8) is 0 Å². The fourth-order valence-corrected chi connectivity index (χ4v) is 2.10. The Hall–Kier alpha value is -1.59. The van der Waals surface area contributed by atoms with Crippen LogP contribution in [0.15, 0.2) is 46.9 Å². The molecular formula is C13H10BrClN2O2. The van der Waals surface area contributed by atoms with Crippen LogP contribution in [0.3, 0.4) is 0 Å². The summed E-state index contributed by atoms with van der Waals surface area (Å²) in [5, 5.41) is 14.6. The highest BCUT2D eigenvalue weighted by Gasteiger charge is 2.13. The minimum atomic E-state index is -0.406. The van der Waals surface area contributed by atoms with E-state index in [0.717, 1.165) is 10.0 Å². The molecule has 1 N–H and O–H groups in total. The highest BCUT2D eigenvalue weighted by molar-refractivity contribution is 9.10. The van der Waals surface area contributed by atoms with E-state index in [1.165, 1.54) is 6.07 Å². The largest absolute Gasteiger partial charge is 0.375 e. The highest BCUT2D eigenvalue weighted by Crippen LogP contribution is 2.28. The van der Waals surface area contributed by atoms with E-state index in [1.54, 1.807) is 24.3 Å². The van der Waals surface area contributed by atoms with Crippen molar-refractivity contribution >= 4 is 38.9 Å². The zero-order valence-corrected chi connectivity index (χ0v) is 12.1. The molecule has 0 heterocycles. The molecule has 0 amide bonds. The van der Waals surface area contributed by atoms with Crippen molar-refractivity contribution in [3.05, 3.63) is 67.6 Å². The van der Waals surface area contributed by atoms with Gasteiger partial charge in [0.25, 0.3) is 5.69 Å². The van der Waals surface area contributed by atoms with E-state index in [0.29, 0.717) is 17.3 Å². The first-order valence-electron chi connectivity index (χ1n) is 5.48. The van der Waals surface area contributed by atoms with Crippen LogP contribution in [-0.4, -0.2) is 4.92 Å². The number of nitrogens with zero attached hydrogens (tertiary/aromatic N) is 1. The van der Waals surface area contributed by atoms with E-state index >= 15 is 0 Å². The van der Waals surface area contributed by atoms with Crippen molar-refractivity contribution in [1.82, 2.24) is 0 Å². The van der Waals surface area contributed by atoms with Gasteiger partial charge in [-0.05, 0) is 29.8 Å². The number of benzene rings is 2. The Kier molecular flexibility index (Phi) is 4.39. The smallest absolute Gasteiger partial charge is 0.292 e. The van der Waals surface area contributed by atoms with Gasteiger partial charge in [-0.2, -0.15) is 0 Å². The van der Waals surface area contributed by atoms with Crippen molar-refractivity contribution in [2.45, 2.75) is 6.54 Å². The molecule has 0 aliphatic heterocycles. The Bertz CT molecular complexity index is 602. The van der Waals surface area contributed by atoms with Crippen LogP contribution >= 0.6 is 27.5 Å². The van der Waals surface area contributed by atoms with Crippen molar-refractivity contribution in [2.75, 3.05) is 5.32 Å². The summed E-state index contributed by atoms with van der Waals surface area (Å²) >= 11 is 9.10. The minimum absolute atomic E-state index is 0.0529. The molecule has 6 heteroatoms. The van der Waals surface area contributed by atoms with Crippen molar-refractivity contribution in [3.8, 4) is 0 Å². The van der Waals surface area contributed by atoms with Gasteiger partial charge in [0.05, 0.1) is 4.92 Å². The number of nitro benzene ring substituents is 1. The number of rotatable bonds is 4.